The quantitative estimate of drug-likeness (QED) is 0.417. The molecule has 1 fully saturated rings. The molecule has 1 aromatic carbocycles. The standard InChI is InChI=1S/C16H26N2O5/c1-10(8-11-6-4-3-5-7-11)17-18-13-15(21)14(20)12(9-19)23-16(13)22-2/h3-7,10,12-21H,8-9H2,1-2H3/t10?,12-,13-,14-,15-,16+/m1/s1. The van der Waals surface area contributed by atoms with Gasteiger partial charge in [0.05, 0.1) is 6.61 Å². The third-order valence-electron chi connectivity index (χ3n) is 3.99. The highest BCUT2D eigenvalue weighted by Gasteiger charge is 2.44. The van der Waals surface area contributed by atoms with Crippen molar-refractivity contribution < 1.29 is 24.8 Å². The third-order valence-corrected chi connectivity index (χ3v) is 3.99. The molecule has 2 rings (SSSR count). The normalized spacial score (nSPS) is 32.7. The van der Waals surface area contributed by atoms with Gasteiger partial charge in [-0.2, -0.15) is 0 Å². The third kappa shape index (κ3) is 4.71. The van der Waals surface area contributed by atoms with Crippen LogP contribution in [0.4, 0.5) is 0 Å². The molecule has 6 atom stereocenters. The van der Waals surface area contributed by atoms with E-state index >= 15 is 0 Å². The lowest BCUT2D eigenvalue weighted by atomic mass is 9.97. The topological polar surface area (TPSA) is 103 Å². The summed E-state index contributed by atoms with van der Waals surface area (Å²) in [5.74, 6) is 0. The lowest BCUT2D eigenvalue weighted by Crippen LogP contribution is -2.66. The van der Waals surface area contributed by atoms with Gasteiger partial charge >= 0.3 is 0 Å². The SMILES string of the molecule is CO[C@H]1O[C@H](CO)[C@@H](O)[C@H](O)[C@H]1NNC(C)Cc1ccccc1. The molecule has 1 saturated heterocycles. The van der Waals surface area contributed by atoms with E-state index in [9.17, 15) is 15.3 Å². The highest BCUT2D eigenvalue weighted by atomic mass is 16.7. The van der Waals surface area contributed by atoms with Crippen molar-refractivity contribution in [2.75, 3.05) is 13.7 Å². The van der Waals surface area contributed by atoms with Crippen LogP contribution in [0.5, 0.6) is 0 Å². The number of hydrogen-bond acceptors (Lipinski definition) is 7. The van der Waals surface area contributed by atoms with Gasteiger partial charge in [0.25, 0.3) is 0 Å². The number of aliphatic hydroxyl groups excluding tert-OH is 3. The molecule has 0 saturated carbocycles. The summed E-state index contributed by atoms with van der Waals surface area (Å²) in [6, 6.07) is 9.47. The van der Waals surface area contributed by atoms with Crippen molar-refractivity contribution in [3.05, 3.63) is 35.9 Å². The first-order chi connectivity index (χ1) is 11.1. The zero-order valence-electron chi connectivity index (χ0n) is 13.4. The maximum Gasteiger partial charge on any atom is 0.176 e. The largest absolute Gasteiger partial charge is 0.394 e. The average Bonchev–Trinajstić information content (AvgIpc) is 2.57. The van der Waals surface area contributed by atoms with Crippen molar-refractivity contribution >= 4 is 0 Å². The van der Waals surface area contributed by atoms with Crippen LogP contribution in [0.3, 0.4) is 0 Å². The molecule has 5 N–H and O–H groups in total. The van der Waals surface area contributed by atoms with Gasteiger partial charge in [0.1, 0.15) is 24.4 Å². The smallest absolute Gasteiger partial charge is 0.176 e. The van der Waals surface area contributed by atoms with Crippen molar-refractivity contribution in [3.8, 4) is 0 Å². The minimum Gasteiger partial charge on any atom is -0.394 e. The van der Waals surface area contributed by atoms with Gasteiger partial charge in [-0.1, -0.05) is 30.3 Å². The van der Waals surface area contributed by atoms with Crippen molar-refractivity contribution in [1.82, 2.24) is 10.9 Å². The maximum atomic E-state index is 10.2. The first-order valence-electron chi connectivity index (χ1n) is 7.77. The van der Waals surface area contributed by atoms with Crippen molar-refractivity contribution in [2.45, 2.75) is 50.0 Å². The van der Waals surface area contributed by atoms with E-state index in [-0.39, 0.29) is 12.6 Å². The average molecular weight is 326 g/mol. The fourth-order valence-electron chi connectivity index (χ4n) is 2.69. The van der Waals surface area contributed by atoms with Crippen molar-refractivity contribution in [3.63, 3.8) is 0 Å². The summed E-state index contributed by atoms with van der Waals surface area (Å²) in [6.45, 7) is 1.62. The van der Waals surface area contributed by atoms with Crippen molar-refractivity contribution in [2.24, 2.45) is 0 Å². The first-order valence-corrected chi connectivity index (χ1v) is 7.77. The van der Waals surface area contributed by atoms with Gasteiger partial charge in [0.2, 0.25) is 0 Å². The van der Waals surface area contributed by atoms with Gasteiger partial charge in [-0.15, -0.1) is 0 Å². The van der Waals surface area contributed by atoms with Gasteiger partial charge in [-0.05, 0) is 18.9 Å². The molecule has 23 heavy (non-hydrogen) atoms. The van der Waals surface area contributed by atoms with E-state index in [1.54, 1.807) is 0 Å². The van der Waals surface area contributed by atoms with Crippen molar-refractivity contribution in [1.29, 1.82) is 0 Å². The molecule has 1 aromatic rings. The van der Waals surface area contributed by atoms with Crippen LogP contribution in [0.2, 0.25) is 0 Å². The highest BCUT2D eigenvalue weighted by molar-refractivity contribution is 5.15. The first kappa shape index (κ1) is 18.3. The van der Waals surface area contributed by atoms with Crippen LogP contribution in [0.25, 0.3) is 0 Å². The fourth-order valence-corrected chi connectivity index (χ4v) is 2.69. The minimum absolute atomic E-state index is 0.0924. The Bertz CT molecular complexity index is 459. The van der Waals surface area contributed by atoms with E-state index < -0.39 is 30.6 Å². The molecule has 1 aliphatic heterocycles. The van der Waals surface area contributed by atoms with E-state index in [0.717, 1.165) is 6.42 Å². The second-order valence-electron chi connectivity index (χ2n) is 5.85. The number of nitrogens with one attached hydrogen (secondary N) is 2. The van der Waals surface area contributed by atoms with Crippen LogP contribution in [0, 0.1) is 0 Å². The van der Waals surface area contributed by atoms with Gasteiger partial charge in [-0.3, -0.25) is 5.43 Å². The predicted octanol–water partition coefficient (Wildman–Crippen LogP) is -0.834. The summed E-state index contributed by atoms with van der Waals surface area (Å²) < 4.78 is 10.6. The predicted molar refractivity (Wildman–Crippen MR) is 84.4 cm³/mol. The van der Waals surface area contributed by atoms with Crippen LogP contribution in [-0.2, 0) is 15.9 Å². The van der Waals surface area contributed by atoms with Crippen LogP contribution < -0.4 is 10.9 Å². The molecular formula is C16H26N2O5. The zero-order chi connectivity index (χ0) is 16.8. The molecule has 130 valence electrons. The Kier molecular flexibility index (Phi) is 6.91. The summed E-state index contributed by atoms with van der Waals surface area (Å²) in [6.07, 6.45) is -3.15. The summed E-state index contributed by atoms with van der Waals surface area (Å²) >= 11 is 0. The number of hydrazine groups is 1. The summed E-state index contributed by atoms with van der Waals surface area (Å²) in [4.78, 5) is 0. The molecule has 0 amide bonds. The van der Waals surface area contributed by atoms with E-state index in [2.05, 4.69) is 10.9 Å². The Hall–Kier alpha value is -1.06. The van der Waals surface area contributed by atoms with E-state index in [0.29, 0.717) is 0 Å². The Morgan fingerprint density at radius 2 is 1.91 bits per heavy atom. The molecule has 0 aromatic heterocycles. The van der Waals surface area contributed by atoms with Gasteiger partial charge in [0, 0.05) is 13.2 Å². The molecule has 7 heteroatoms. The van der Waals surface area contributed by atoms with Gasteiger partial charge in [0.15, 0.2) is 6.29 Å². The number of ether oxygens (including phenoxy) is 2. The number of hydrogen-bond donors (Lipinski definition) is 5. The number of aliphatic hydroxyl groups is 3. The van der Waals surface area contributed by atoms with E-state index in [1.807, 2.05) is 37.3 Å². The molecule has 1 unspecified atom stereocenters. The summed E-state index contributed by atoms with van der Waals surface area (Å²) in [5, 5.41) is 29.4. The Morgan fingerprint density at radius 3 is 2.52 bits per heavy atom. The second kappa shape index (κ2) is 8.70. The minimum atomic E-state index is -1.19. The maximum absolute atomic E-state index is 10.2. The van der Waals surface area contributed by atoms with Crippen LogP contribution in [0.15, 0.2) is 30.3 Å². The van der Waals surface area contributed by atoms with Gasteiger partial charge in [-0.25, -0.2) is 5.43 Å². The highest BCUT2D eigenvalue weighted by Crippen LogP contribution is 2.21. The Morgan fingerprint density at radius 1 is 1.22 bits per heavy atom. The number of benzene rings is 1. The van der Waals surface area contributed by atoms with E-state index in [4.69, 9.17) is 9.47 Å². The summed E-state index contributed by atoms with van der Waals surface area (Å²) in [5.41, 5.74) is 7.27. The molecule has 0 radical (unpaired) electrons. The molecular weight excluding hydrogens is 300 g/mol. The lowest BCUT2D eigenvalue weighted by molar-refractivity contribution is -0.265. The molecule has 0 spiro atoms. The Labute approximate surface area is 136 Å². The monoisotopic (exact) mass is 326 g/mol. The fraction of sp³-hybridized carbons (Fsp3) is 0.625. The Balaban J connectivity index is 1.90. The van der Waals surface area contributed by atoms with Crippen LogP contribution in [-0.4, -0.2) is 65.7 Å². The molecule has 1 heterocycles. The molecule has 7 nitrogen and oxygen atoms in total. The van der Waals surface area contributed by atoms with Crippen LogP contribution in [0.1, 0.15) is 12.5 Å². The molecule has 0 bridgehead atoms. The molecule has 1 aliphatic rings. The lowest BCUT2D eigenvalue weighted by Gasteiger charge is -2.42. The van der Waals surface area contributed by atoms with Gasteiger partial charge < -0.3 is 24.8 Å². The number of methoxy groups -OCH3 is 1. The number of rotatable bonds is 7. The summed E-state index contributed by atoms with van der Waals surface area (Å²) in [7, 11) is 1.45. The molecule has 0 aliphatic carbocycles. The van der Waals surface area contributed by atoms with Crippen LogP contribution >= 0.6 is 0 Å². The second-order valence-corrected chi connectivity index (χ2v) is 5.85. The zero-order valence-corrected chi connectivity index (χ0v) is 13.4. The van der Waals surface area contributed by atoms with E-state index in [1.165, 1.54) is 12.7 Å².